The maximum Gasteiger partial charge on any atom is 0.229 e. The molecule has 0 bridgehead atoms. The molecule has 6 heteroatoms. The van der Waals surface area contributed by atoms with Crippen LogP contribution in [0.5, 0.6) is 0 Å². The fourth-order valence-electron chi connectivity index (χ4n) is 2.82. The molecule has 0 saturated carbocycles. The zero-order chi connectivity index (χ0) is 14.5. The normalized spacial score (nSPS) is 22.7. The SMILES string of the molecule is COCC1(C(=O)NCC(C)(C)CN(C)C)CCNC1.Cl. The Morgan fingerprint density at radius 3 is 2.55 bits per heavy atom. The van der Waals surface area contributed by atoms with E-state index in [1.807, 2.05) is 0 Å². The van der Waals surface area contributed by atoms with Crippen LogP contribution in [0.25, 0.3) is 0 Å². The Kier molecular flexibility index (Phi) is 8.03. The van der Waals surface area contributed by atoms with Gasteiger partial charge >= 0.3 is 0 Å². The monoisotopic (exact) mass is 307 g/mol. The predicted octanol–water partition coefficient (Wildman–Crippen LogP) is 0.738. The molecule has 1 rings (SSSR count). The fourth-order valence-corrected chi connectivity index (χ4v) is 2.82. The van der Waals surface area contributed by atoms with E-state index < -0.39 is 0 Å². The number of methoxy groups -OCH3 is 1. The predicted molar refractivity (Wildman–Crippen MR) is 84.4 cm³/mol. The molecule has 1 heterocycles. The van der Waals surface area contributed by atoms with Crippen molar-refractivity contribution in [1.29, 1.82) is 0 Å². The average Bonchev–Trinajstić information content (AvgIpc) is 2.74. The van der Waals surface area contributed by atoms with E-state index in [-0.39, 0.29) is 29.1 Å². The number of hydrogen-bond acceptors (Lipinski definition) is 4. The van der Waals surface area contributed by atoms with Crippen LogP contribution in [0.2, 0.25) is 0 Å². The molecule has 1 amide bonds. The second-order valence-corrected chi connectivity index (χ2v) is 6.72. The fraction of sp³-hybridized carbons (Fsp3) is 0.929. The van der Waals surface area contributed by atoms with Gasteiger partial charge in [0.2, 0.25) is 5.91 Å². The van der Waals surface area contributed by atoms with Gasteiger partial charge < -0.3 is 20.3 Å². The van der Waals surface area contributed by atoms with Crippen molar-refractivity contribution in [3.05, 3.63) is 0 Å². The van der Waals surface area contributed by atoms with E-state index in [9.17, 15) is 4.79 Å². The Labute approximate surface area is 129 Å². The summed E-state index contributed by atoms with van der Waals surface area (Å²) in [5.41, 5.74) is -0.317. The van der Waals surface area contributed by atoms with Crippen LogP contribution in [0.1, 0.15) is 20.3 Å². The molecule has 0 spiro atoms. The van der Waals surface area contributed by atoms with Gasteiger partial charge in [-0.3, -0.25) is 4.79 Å². The van der Waals surface area contributed by atoms with Crippen LogP contribution in [0, 0.1) is 10.8 Å². The molecule has 1 atom stereocenters. The maximum absolute atomic E-state index is 12.4. The van der Waals surface area contributed by atoms with Crippen molar-refractivity contribution >= 4 is 18.3 Å². The van der Waals surface area contributed by atoms with Gasteiger partial charge in [0, 0.05) is 26.7 Å². The van der Waals surface area contributed by atoms with Gasteiger partial charge in [-0.1, -0.05) is 13.8 Å². The Morgan fingerprint density at radius 1 is 1.45 bits per heavy atom. The maximum atomic E-state index is 12.4. The number of nitrogens with one attached hydrogen (secondary N) is 2. The van der Waals surface area contributed by atoms with E-state index in [2.05, 4.69) is 43.5 Å². The van der Waals surface area contributed by atoms with Gasteiger partial charge in [0.25, 0.3) is 0 Å². The minimum atomic E-state index is -0.386. The summed E-state index contributed by atoms with van der Waals surface area (Å²) >= 11 is 0. The summed E-state index contributed by atoms with van der Waals surface area (Å²) in [6, 6.07) is 0. The van der Waals surface area contributed by atoms with Crippen LogP contribution >= 0.6 is 12.4 Å². The van der Waals surface area contributed by atoms with Gasteiger partial charge in [0.15, 0.2) is 0 Å². The molecule has 1 aliphatic heterocycles. The Bertz CT molecular complexity index is 303. The highest BCUT2D eigenvalue weighted by Crippen LogP contribution is 2.26. The molecule has 1 saturated heterocycles. The number of halogens is 1. The van der Waals surface area contributed by atoms with Gasteiger partial charge in [-0.25, -0.2) is 0 Å². The van der Waals surface area contributed by atoms with E-state index in [1.54, 1.807) is 7.11 Å². The highest BCUT2D eigenvalue weighted by atomic mass is 35.5. The molecule has 0 aromatic carbocycles. The molecule has 0 aliphatic carbocycles. The molecule has 120 valence electrons. The average molecular weight is 308 g/mol. The lowest BCUT2D eigenvalue weighted by Crippen LogP contribution is -2.49. The lowest BCUT2D eigenvalue weighted by Gasteiger charge is -2.31. The third-order valence-corrected chi connectivity index (χ3v) is 3.62. The minimum absolute atomic E-state index is 0. The number of carbonyl (C=O) groups is 1. The molecular formula is C14H30ClN3O2. The van der Waals surface area contributed by atoms with E-state index in [4.69, 9.17) is 4.74 Å². The summed E-state index contributed by atoms with van der Waals surface area (Å²) in [7, 11) is 5.76. The van der Waals surface area contributed by atoms with Gasteiger partial charge in [-0.2, -0.15) is 0 Å². The second-order valence-electron chi connectivity index (χ2n) is 6.72. The number of rotatable bonds is 7. The van der Waals surface area contributed by atoms with Crippen LogP contribution in [-0.4, -0.2) is 64.8 Å². The quantitative estimate of drug-likeness (QED) is 0.728. The second kappa shape index (κ2) is 8.17. The van der Waals surface area contributed by atoms with Crippen molar-refractivity contribution < 1.29 is 9.53 Å². The molecular weight excluding hydrogens is 278 g/mol. The lowest BCUT2D eigenvalue weighted by atomic mass is 9.86. The number of nitrogens with zero attached hydrogens (tertiary/aromatic N) is 1. The Hall–Kier alpha value is -0.360. The van der Waals surface area contributed by atoms with E-state index in [0.717, 1.165) is 19.5 Å². The van der Waals surface area contributed by atoms with Gasteiger partial charge in [0.05, 0.1) is 12.0 Å². The number of hydrogen-bond donors (Lipinski definition) is 2. The van der Waals surface area contributed by atoms with Crippen LogP contribution in [-0.2, 0) is 9.53 Å². The van der Waals surface area contributed by atoms with Crippen LogP contribution in [0.4, 0.5) is 0 Å². The molecule has 2 N–H and O–H groups in total. The lowest BCUT2D eigenvalue weighted by molar-refractivity contribution is -0.133. The molecule has 5 nitrogen and oxygen atoms in total. The Balaban J connectivity index is 0.00000361. The van der Waals surface area contributed by atoms with Crippen LogP contribution < -0.4 is 10.6 Å². The zero-order valence-electron chi connectivity index (χ0n) is 13.4. The molecule has 1 unspecified atom stereocenters. The molecule has 1 aliphatic rings. The minimum Gasteiger partial charge on any atom is -0.384 e. The first kappa shape index (κ1) is 19.6. The van der Waals surface area contributed by atoms with Crippen molar-refractivity contribution in [2.24, 2.45) is 10.8 Å². The Morgan fingerprint density at radius 2 is 2.10 bits per heavy atom. The van der Waals surface area contributed by atoms with Gasteiger partial charge in [0.1, 0.15) is 0 Å². The van der Waals surface area contributed by atoms with E-state index in [1.165, 1.54) is 0 Å². The summed E-state index contributed by atoms with van der Waals surface area (Å²) in [6.45, 7) is 8.06. The molecule has 20 heavy (non-hydrogen) atoms. The van der Waals surface area contributed by atoms with Crippen molar-refractivity contribution in [1.82, 2.24) is 15.5 Å². The van der Waals surface area contributed by atoms with Crippen molar-refractivity contribution in [2.75, 3.05) is 54.0 Å². The largest absolute Gasteiger partial charge is 0.384 e. The van der Waals surface area contributed by atoms with E-state index >= 15 is 0 Å². The third-order valence-electron chi connectivity index (χ3n) is 3.62. The van der Waals surface area contributed by atoms with Crippen LogP contribution in [0.3, 0.4) is 0 Å². The third kappa shape index (κ3) is 5.56. The van der Waals surface area contributed by atoms with Crippen molar-refractivity contribution in [3.8, 4) is 0 Å². The first-order valence-corrected chi connectivity index (χ1v) is 6.94. The van der Waals surface area contributed by atoms with E-state index in [0.29, 0.717) is 19.7 Å². The number of carbonyl (C=O) groups excluding carboxylic acids is 1. The molecule has 0 aromatic rings. The first-order chi connectivity index (χ1) is 8.81. The molecule has 0 aromatic heterocycles. The molecule has 1 fully saturated rings. The zero-order valence-corrected chi connectivity index (χ0v) is 14.2. The topological polar surface area (TPSA) is 53.6 Å². The van der Waals surface area contributed by atoms with Gasteiger partial charge in [-0.15, -0.1) is 12.4 Å². The van der Waals surface area contributed by atoms with Crippen molar-refractivity contribution in [2.45, 2.75) is 20.3 Å². The number of amides is 1. The van der Waals surface area contributed by atoms with Crippen LogP contribution in [0.15, 0.2) is 0 Å². The smallest absolute Gasteiger partial charge is 0.229 e. The first-order valence-electron chi connectivity index (χ1n) is 6.94. The summed E-state index contributed by atoms with van der Waals surface area (Å²) < 4.78 is 5.24. The summed E-state index contributed by atoms with van der Waals surface area (Å²) in [4.78, 5) is 14.6. The highest BCUT2D eigenvalue weighted by molar-refractivity contribution is 5.85. The van der Waals surface area contributed by atoms with Gasteiger partial charge in [-0.05, 0) is 32.5 Å². The standard InChI is InChI=1S/C14H29N3O2.ClH/c1-13(2,10-17(3)4)8-16-12(18)14(11-19-5)6-7-15-9-14;/h15H,6-11H2,1-5H3,(H,16,18);1H. The van der Waals surface area contributed by atoms with Crippen molar-refractivity contribution in [3.63, 3.8) is 0 Å². The summed E-state index contributed by atoms with van der Waals surface area (Å²) in [5.74, 6) is 0.117. The number of ether oxygens (including phenoxy) is 1. The summed E-state index contributed by atoms with van der Waals surface area (Å²) in [6.07, 6.45) is 0.848. The highest BCUT2D eigenvalue weighted by Gasteiger charge is 2.41. The summed E-state index contributed by atoms with van der Waals surface area (Å²) in [5, 5.41) is 6.37. The molecule has 0 radical (unpaired) electrons.